The van der Waals surface area contributed by atoms with Gasteiger partial charge in [-0.25, -0.2) is 8.42 Å². The molecular formula is C12H20N2O2S. The molecule has 1 aromatic heterocycles. The summed E-state index contributed by atoms with van der Waals surface area (Å²) in [4.78, 5) is 0. The monoisotopic (exact) mass is 256 g/mol. The number of hydrogen-bond donors (Lipinski definition) is 1. The van der Waals surface area contributed by atoms with Crippen molar-refractivity contribution < 1.29 is 8.42 Å². The minimum absolute atomic E-state index is 0.265. The number of nitrogens with one attached hydrogen (secondary N) is 1. The molecule has 1 saturated carbocycles. The van der Waals surface area contributed by atoms with Gasteiger partial charge in [0.1, 0.15) is 9.84 Å². The van der Waals surface area contributed by atoms with Crippen LogP contribution < -0.4 is 5.32 Å². The van der Waals surface area contributed by atoms with Crippen molar-refractivity contribution in [2.24, 2.45) is 0 Å². The molecule has 17 heavy (non-hydrogen) atoms. The van der Waals surface area contributed by atoms with Crippen LogP contribution in [0.2, 0.25) is 0 Å². The minimum atomic E-state index is -2.83. The van der Waals surface area contributed by atoms with Gasteiger partial charge in [0.15, 0.2) is 0 Å². The van der Waals surface area contributed by atoms with Crippen molar-refractivity contribution in [2.75, 3.05) is 12.0 Å². The maximum absolute atomic E-state index is 11.0. The second kappa shape index (κ2) is 5.23. The fourth-order valence-electron chi connectivity index (χ4n) is 1.86. The smallest absolute Gasteiger partial charge is 0.147 e. The van der Waals surface area contributed by atoms with Crippen molar-refractivity contribution in [3.05, 3.63) is 24.0 Å². The fraction of sp³-hybridized carbons (Fsp3) is 0.667. The third-order valence-corrected chi connectivity index (χ3v) is 4.02. The number of aryl methyl sites for hydroxylation is 1. The van der Waals surface area contributed by atoms with Crippen LogP contribution in [0.3, 0.4) is 0 Å². The Bertz CT molecular complexity index is 461. The quantitative estimate of drug-likeness (QED) is 0.797. The summed E-state index contributed by atoms with van der Waals surface area (Å²) in [6.45, 7) is 1.66. The van der Waals surface area contributed by atoms with E-state index in [-0.39, 0.29) is 5.75 Å². The van der Waals surface area contributed by atoms with Crippen LogP contribution in [0.15, 0.2) is 18.3 Å². The number of aromatic nitrogens is 1. The lowest BCUT2D eigenvalue weighted by Crippen LogP contribution is -2.18. The lowest BCUT2D eigenvalue weighted by atomic mass is 10.4. The Labute approximate surface area is 103 Å². The second-order valence-electron chi connectivity index (χ2n) is 4.83. The van der Waals surface area contributed by atoms with Crippen LogP contribution in [0.25, 0.3) is 0 Å². The summed E-state index contributed by atoms with van der Waals surface area (Å²) in [6, 6.07) is 4.81. The lowest BCUT2D eigenvalue weighted by Gasteiger charge is -2.09. The molecule has 0 spiro atoms. The molecule has 96 valence electrons. The maximum atomic E-state index is 11.0. The van der Waals surface area contributed by atoms with Gasteiger partial charge in [-0.05, 0) is 31.4 Å². The van der Waals surface area contributed by atoms with Gasteiger partial charge >= 0.3 is 0 Å². The molecule has 0 saturated heterocycles. The summed E-state index contributed by atoms with van der Waals surface area (Å²) in [7, 11) is -2.83. The molecule has 1 aromatic rings. The highest BCUT2D eigenvalue weighted by atomic mass is 32.2. The van der Waals surface area contributed by atoms with E-state index in [2.05, 4.69) is 16.0 Å². The van der Waals surface area contributed by atoms with Crippen LogP contribution >= 0.6 is 0 Å². The normalized spacial score (nSPS) is 16.3. The standard InChI is InChI=1S/C12H20N2O2S/c1-17(15,16)9-3-8-14-7-2-4-12(14)10-13-11-5-6-11/h2,4,7,11,13H,3,5-6,8-10H2,1H3. The van der Waals surface area contributed by atoms with Gasteiger partial charge in [0.2, 0.25) is 0 Å². The molecule has 0 aliphatic heterocycles. The van der Waals surface area contributed by atoms with Crippen LogP contribution in [-0.4, -0.2) is 31.0 Å². The zero-order valence-corrected chi connectivity index (χ0v) is 11.0. The Kier molecular flexibility index (Phi) is 3.89. The zero-order valence-electron chi connectivity index (χ0n) is 10.2. The predicted molar refractivity (Wildman–Crippen MR) is 68.6 cm³/mol. The van der Waals surface area contributed by atoms with E-state index in [1.54, 1.807) is 0 Å². The molecule has 4 nitrogen and oxygen atoms in total. The molecule has 0 unspecified atom stereocenters. The summed E-state index contributed by atoms with van der Waals surface area (Å²) in [6.07, 6.45) is 6.57. The van der Waals surface area contributed by atoms with E-state index >= 15 is 0 Å². The Morgan fingerprint density at radius 1 is 1.47 bits per heavy atom. The van der Waals surface area contributed by atoms with Crippen molar-refractivity contribution in [2.45, 2.75) is 38.4 Å². The molecule has 1 aliphatic carbocycles. The highest BCUT2D eigenvalue weighted by Crippen LogP contribution is 2.19. The fourth-order valence-corrected chi connectivity index (χ4v) is 2.52. The van der Waals surface area contributed by atoms with Gasteiger partial charge in [-0.1, -0.05) is 0 Å². The molecule has 0 aromatic carbocycles. The molecule has 1 fully saturated rings. The maximum Gasteiger partial charge on any atom is 0.147 e. The van der Waals surface area contributed by atoms with Gasteiger partial charge in [-0.2, -0.15) is 0 Å². The van der Waals surface area contributed by atoms with E-state index in [4.69, 9.17) is 0 Å². The predicted octanol–water partition coefficient (Wildman–Crippen LogP) is 1.17. The van der Waals surface area contributed by atoms with Gasteiger partial charge in [-0.3, -0.25) is 0 Å². The Balaban J connectivity index is 1.80. The van der Waals surface area contributed by atoms with Crippen LogP contribution in [-0.2, 0) is 22.9 Å². The number of nitrogens with zero attached hydrogens (tertiary/aromatic N) is 1. The zero-order chi connectivity index (χ0) is 12.3. The van der Waals surface area contributed by atoms with Crippen molar-refractivity contribution in [1.29, 1.82) is 0 Å². The average molecular weight is 256 g/mol. The number of rotatable bonds is 7. The van der Waals surface area contributed by atoms with Gasteiger partial charge in [-0.15, -0.1) is 0 Å². The van der Waals surface area contributed by atoms with Crippen molar-refractivity contribution in [1.82, 2.24) is 9.88 Å². The first-order valence-electron chi connectivity index (χ1n) is 6.10. The molecule has 1 N–H and O–H groups in total. The Morgan fingerprint density at radius 2 is 2.24 bits per heavy atom. The van der Waals surface area contributed by atoms with Gasteiger partial charge in [0.25, 0.3) is 0 Å². The summed E-state index contributed by atoms with van der Waals surface area (Å²) in [5.41, 5.74) is 1.24. The van der Waals surface area contributed by atoms with Gasteiger partial charge < -0.3 is 9.88 Å². The molecule has 0 amide bonds. The highest BCUT2D eigenvalue weighted by molar-refractivity contribution is 7.90. The van der Waals surface area contributed by atoms with E-state index in [1.165, 1.54) is 24.8 Å². The van der Waals surface area contributed by atoms with E-state index in [0.29, 0.717) is 12.5 Å². The molecule has 1 heterocycles. The van der Waals surface area contributed by atoms with Crippen LogP contribution in [0.5, 0.6) is 0 Å². The van der Waals surface area contributed by atoms with Gasteiger partial charge in [0, 0.05) is 37.3 Å². The molecule has 0 radical (unpaired) electrons. The largest absolute Gasteiger partial charge is 0.350 e. The molecule has 0 atom stereocenters. The van der Waals surface area contributed by atoms with Crippen molar-refractivity contribution in [3.8, 4) is 0 Å². The number of sulfone groups is 1. The van der Waals surface area contributed by atoms with E-state index < -0.39 is 9.84 Å². The summed E-state index contributed by atoms with van der Waals surface area (Å²) < 4.78 is 24.2. The second-order valence-corrected chi connectivity index (χ2v) is 7.09. The van der Waals surface area contributed by atoms with Crippen LogP contribution in [0, 0.1) is 0 Å². The summed E-state index contributed by atoms with van der Waals surface area (Å²) >= 11 is 0. The first kappa shape index (κ1) is 12.6. The summed E-state index contributed by atoms with van der Waals surface area (Å²) in [5.74, 6) is 0.265. The van der Waals surface area contributed by atoms with E-state index in [1.807, 2.05) is 12.3 Å². The third kappa shape index (κ3) is 4.52. The van der Waals surface area contributed by atoms with Crippen molar-refractivity contribution >= 4 is 9.84 Å². The molecular weight excluding hydrogens is 236 g/mol. The Morgan fingerprint density at radius 3 is 2.88 bits per heavy atom. The topological polar surface area (TPSA) is 51.1 Å². The lowest BCUT2D eigenvalue weighted by molar-refractivity contribution is 0.580. The first-order chi connectivity index (χ1) is 8.04. The Hall–Kier alpha value is -0.810. The van der Waals surface area contributed by atoms with Crippen molar-refractivity contribution in [3.63, 3.8) is 0 Å². The highest BCUT2D eigenvalue weighted by Gasteiger charge is 2.20. The first-order valence-corrected chi connectivity index (χ1v) is 8.16. The molecule has 1 aliphatic rings. The molecule has 2 rings (SSSR count). The van der Waals surface area contributed by atoms with E-state index in [9.17, 15) is 8.42 Å². The summed E-state index contributed by atoms with van der Waals surface area (Å²) in [5, 5.41) is 3.47. The average Bonchev–Trinajstić information content (AvgIpc) is 2.95. The molecule has 0 bridgehead atoms. The number of hydrogen-bond acceptors (Lipinski definition) is 3. The molecule has 5 heteroatoms. The SMILES string of the molecule is CS(=O)(=O)CCCn1cccc1CNC1CC1. The van der Waals surface area contributed by atoms with E-state index in [0.717, 1.165) is 13.1 Å². The van der Waals surface area contributed by atoms with Crippen LogP contribution in [0.1, 0.15) is 25.0 Å². The minimum Gasteiger partial charge on any atom is -0.350 e. The van der Waals surface area contributed by atoms with Crippen LogP contribution in [0.4, 0.5) is 0 Å². The van der Waals surface area contributed by atoms with Gasteiger partial charge in [0.05, 0.1) is 5.75 Å². The third-order valence-electron chi connectivity index (χ3n) is 2.99.